The van der Waals surface area contributed by atoms with Gasteiger partial charge in [-0.3, -0.25) is 19.2 Å². The molecule has 0 saturated carbocycles. The first-order valence-electron chi connectivity index (χ1n) is 7.23. The topological polar surface area (TPSA) is 75.4 Å². The summed E-state index contributed by atoms with van der Waals surface area (Å²) in [7, 11) is 0. The van der Waals surface area contributed by atoms with Crippen molar-refractivity contribution < 1.29 is 14.7 Å². The minimum atomic E-state index is -0.887. The van der Waals surface area contributed by atoms with Gasteiger partial charge in [0.25, 0.3) is 11.8 Å². The fourth-order valence-electron chi connectivity index (χ4n) is 2.73. The molecular formula is C16H16BrN3O3. The van der Waals surface area contributed by atoms with Gasteiger partial charge in [0.1, 0.15) is 0 Å². The summed E-state index contributed by atoms with van der Waals surface area (Å²) in [5, 5.41) is 14.6. The largest absolute Gasteiger partial charge is 0.389 e. The molecule has 1 N–H and O–H groups in total. The van der Waals surface area contributed by atoms with Crippen molar-refractivity contribution in [2.75, 3.05) is 6.54 Å². The first kappa shape index (κ1) is 15.9. The number of halogens is 1. The molecule has 23 heavy (non-hydrogen) atoms. The fourth-order valence-corrected chi connectivity index (χ4v) is 3.01. The number of carbonyl (C=O) groups is 2. The number of amides is 2. The van der Waals surface area contributed by atoms with Crippen LogP contribution in [0.2, 0.25) is 0 Å². The zero-order valence-corrected chi connectivity index (χ0v) is 14.4. The number of β-amino-alcohol motifs (C(OH)–C–C–N with tert-alkyl or cyclic N) is 1. The zero-order chi connectivity index (χ0) is 16.7. The molecule has 0 fully saturated rings. The number of rotatable bonds is 4. The van der Waals surface area contributed by atoms with Crippen molar-refractivity contribution in [1.82, 2.24) is 14.7 Å². The third-order valence-electron chi connectivity index (χ3n) is 3.95. The summed E-state index contributed by atoms with van der Waals surface area (Å²) in [6.45, 7) is 3.91. The quantitative estimate of drug-likeness (QED) is 0.825. The van der Waals surface area contributed by atoms with Crippen molar-refractivity contribution in [2.24, 2.45) is 0 Å². The summed E-state index contributed by atoms with van der Waals surface area (Å²) in [4.78, 5) is 25.7. The molecule has 2 aromatic rings. The molecule has 2 amide bonds. The lowest BCUT2D eigenvalue weighted by molar-refractivity contribution is 0.0514. The fraction of sp³-hybridized carbons (Fsp3) is 0.312. The molecule has 1 aliphatic rings. The summed E-state index contributed by atoms with van der Waals surface area (Å²) in [5.74, 6) is -0.724. The van der Waals surface area contributed by atoms with Crippen LogP contribution in [0.5, 0.6) is 0 Å². The lowest BCUT2D eigenvalue weighted by Gasteiger charge is -2.19. The number of hydrogen-bond acceptors (Lipinski definition) is 4. The van der Waals surface area contributed by atoms with Crippen LogP contribution in [0.4, 0.5) is 0 Å². The van der Waals surface area contributed by atoms with Crippen LogP contribution < -0.4 is 0 Å². The summed E-state index contributed by atoms with van der Waals surface area (Å²) in [6.07, 6.45) is -0.887. The third-order valence-corrected chi connectivity index (χ3v) is 5.10. The number of nitrogens with zero attached hydrogens (tertiary/aromatic N) is 3. The smallest absolute Gasteiger partial charge is 0.261 e. The Hall–Kier alpha value is -1.99. The Balaban J connectivity index is 1.74. The van der Waals surface area contributed by atoms with Gasteiger partial charge in [0, 0.05) is 5.69 Å². The third kappa shape index (κ3) is 2.70. The van der Waals surface area contributed by atoms with Crippen LogP contribution in [0, 0.1) is 13.8 Å². The second-order valence-corrected chi connectivity index (χ2v) is 6.38. The van der Waals surface area contributed by atoms with Gasteiger partial charge in [-0.05, 0) is 41.9 Å². The molecule has 6 nitrogen and oxygen atoms in total. The zero-order valence-electron chi connectivity index (χ0n) is 12.8. The molecule has 3 rings (SSSR count). The molecule has 0 bridgehead atoms. The summed E-state index contributed by atoms with van der Waals surface area (Å²) in [5.41, 5.74) is 2.50. The van der Waals surface area contributed by atoms with Gasteiger partial charge in [-0.2, -0.15) is 5.10 Å². The van der Waals surface area contributed by atoms with Crippen molar-refractivity contribution in [1.29, 1.82) is 0 Å². The van der Waals surface area contributed by atoms with Gasteiger partial charge in [0.15, 0.2) is 0 Å². The Morgan fingerprint density at radius 2 is 1.70 bits per heavy atom. The predicted octanol–water partition coefficient (Wildman–Crippen LogP) is 1.92. The van der Waals surface area contributed by atoms with Crippen LogP contribution in [0.15, 0.2) is 28.7 Å². The molecule has 1 aliphatic heterocycles. The van der Waals surface area contributed by atoms with Crippen LogP contribution >= 0.6 is 15.9 Å². The van der Waals surface area contributed by atoms with E-state index in [4.69, 9.17) is 0 Å². The van der Waals surface area contributed by atoms with E-state index >= 15 is 0 Å². The molecule has 7 heteroatoms. The maximum atomic E-state index is 12.3. The highest BCUT2D eigenvalue weighted by Gasteiger charge is 2.36. The average molecular weight is 378 g/mol. The monoisotopic (exact) mass is 377 g/mol. The Kier molecular flexibility index (Phi) is 4.08. The van der Waals surface area contributed by atoms with Crippen LogP contribution in [-0.4, -0.2) is 44.3 Å². The maximum Gasteiger partial charge on any atom is 0.261 e. The van der Waals surface area contributed by atoms with Gasteiger partial charge in [-0.25, -0.2) is 0 Å². The number of benzene rings is 1. The van der Waals surface area contributed by atoms with E-state index in [1.54, 1.807) is 28.9 Å². The van der Waals surface area contributed by atoms with Gasteiger partial charge in [-0.1, -0.05) is 12.1 Å². The lowest BCUT2D eigenvalue weighted by atomic mass is 10.1. The second kappa shape index (κ2) is 5.90. The number of hydrogen-bond donors (Lipinski definition) is 1. The normalized spacial score (nSPS) is 15.2. The minimum absolute atomic E-state index is 0.0533. The Bertz CT molecular complexity index is 765. The molecule has 1 atom stereocenters. The molecule has 0 radical (unpaired) electrons. The van der Waals surface area contributed by atoms with E-state index in [0.29, 0.717) is 11.1 Å². The Labute approximate surface area is 141 Å². The number of imide groups is 1. The highest BCUT2D eigenvalue weighted by atomic mass is 79.9. The molecule has 0 saturated heterocycles. The number of carbonyl (C=O) groups excluding carboxylic acids is 2. The number of fused-ring (bicyclic) bond motifs is 1. The second-order valence-electron chi connectivity index (χ2n) is 5.59. The predicted molar refractivity (Wildman–Crippen MR) is 87.2 cm³/mol. The van der Waals surface area contributed by atoms with E-state index in [0.717, 1.165) is 20.8 Å². The van der Waals surface area contributed by atoms with Gasteiger partial charge < -0.3 is 5.11 Å². The summed E-state index contributed by atoms with van der Waals surface area (Å²) >= 11 is 3.43. The molecule has 0 unspecified atom stereocenters. The van der Waals surface area contributed by atoms with E-state index in [1.807, 2.05) is 13.8 Å². The van der Waals surface area contributed by atoms with Crippen molar-refractivity contribution in [3.63, 3.8) is 0 Å². The van der Waals surface area contributed by atoms with Crippen molar-refractivity contribution in [2.45, 2.75) is 26.5 Å². The number of aliphatic hydroxyl groups excluding tert-OH is 1. The van der Waals surface area contributed by atoms with E-state index in [1.165, 1.54) is 0 Å². The van der Waals surface area contributed by atoms with Crippen LogP contribution in [-0.2, 0) is 6.54 Å². The molecule has 0 aliphatic carbocycles. The van der Waals surface area contributed by atoms with Gasteiger partial charge in [0.2, 0.25) is 0 Å². The van der Waals surface area contributed by atoms with E-state index < -0.39 is 6.10 Å². The van der Waals surface area contributed by atoms with Gasteiger partial charge in [0.05, 0.1) is 40.5 Å². The van der Waals surface area contributed by atoms with Gasteiger partial charge in [-0.15, -0.1) is 0 Å². The van der Waals surface area contributed by atoms with Crippen molar-refractivity contribution in [3.05, 3.63) is 51.3 Å². The summed E-state index contributed by atoms with van der Waals surface area (Å²) in [6, 6.07) is 6.69. The molecule has 120 valence electrons. The number of aryl methyl sites for hydroxylation is 1. The van der Waals surface area contributed by atoms with Crippen LogP contribution in [0.1, 0.15) is 32.1 Å². The standard InChI is InChI=1S/C16H16BrN3O3/c1-9-14(17)10(2)20(18-9)8-11(21)7-19-15(22)12-5-3-4-6-13(12)16(19)23/h3-6,11,21H,7-8H2,1-2H3/t11-/m0/s1. The lowest BCUT2D eigenvalue weighted by Crippen LogP contribution is -2.38. The van der Waals surface area contributed by atoms with Crippen molar-refractivity contribution in [3.8, 4) is 0 Å². The first-order chi connectivity index (χ1) is 10.9. The van der Waals surface area contributed by atoms with Gasteiger partial charge >= 0.3 is 0 Å². The molecule has 2 heterocycles. The van der Waals surface area contributed by atoms with Crippen LogP contribution in [0.3, 0.4) is 0 Å². The van der Waals surface area contributed by atoms with E-state index in [2.05, 4.69) is 21.0 Å². The average Bonchev–Trinajstić information content (AvgIpc) is 2.91. The van der Waals surface area contributed by atoms with Crippen molar-refractivity contribution >= 4 is 27.7 Å². The minimum Gasteiger partial charge on any atom is -0.389 e. The molecule has 1 aromatic carbocycles. The number of aliphatic hydroxyl groups is 1. The first-order valence-corrected chi connectivity index (χ1v) is 8.02. The Morgan fingerprint density at radius 1 is 1.13 bits per heavy atom. The maximum absolute atomic E-state index is 12.3. The summed E-state index contributed by atoms with van der Waals surface area (Å²) < 4.78 is 2.56. The highest BCUT2D eigenvalue weighted by molar-refractivity contribution is 9.10. The molecule has 1 aromatic heterocycles. The SMILES string of the molecule is Cc1nn(C[C@@H](O)CN2C(=O)c3ccccc3C2=O)c(C)c1Br. The molecular weight excluding hydrogens is 362 g/mol. The Morgan fingerprint density at radius 3 is 2.17 bits per heavy atom. The number of aromatic nitrogens is 2. The van der Waals surface area contributed by atoms with E-state index in [-0.39, 0.29) is 24.9 Å². The molecule has 0 spiro atoms. The van der Waals surface area contributed by atoms with Crippen LogP contribution in [0.25, 0.3) is 0 Å². The van der Waals surface area contributed by atoms with E-state index in [9.17, 15) is 14.7 Å². The highest BCUT2D eigenvalue weighted by Crippen LogP contribution is 2.23.